The summed E-state index contributed by atoms with van der Waals surface area (Å²) in [7, 11) is 0. The first-order valence-electron chi connectivity index (χ1n) is 2.89. The summed E-state index contributed by atoms with van der Waals surface area (Å²) < 4.78 is 0. The SMILES string of the molecule is CCNCNC(C)O. The number of aliphatic hydroxyl groups is 1. The Hall–Kier alpha value is -0.120. The summed E-state index contributed by atoms with van der Waals surface area (Å²) in [6, 6.07) is 0. The van der Waals surface area contributed by atoms with Crippen molar-refractivity contribution in [3.8, 4) is 0 Å². The van der Waals surface area contributed by atoms with E-state index >= 15 is 0 Å². The fourth-order valence-corrected chi connectivity index (χ4v) is 0.345. The van der Waals surface area contributed by atoms with Crippen LogP contribution < -0.4 is 10.6 Å². The Balaban J connectivity index is 2.72. The lowest BCUT2D eigenvalue weighted by Gasteiger charge is -2.05. The molecule has 0 amide bonds. The standard InChI is InChI=1S/C5H14N2O/c1-3-6-4-7-5(2)8/h5-8H,3-4H2,1-2H3. The van der Waals surface area contributed by atoms with Crippen LogP contribution in [0.15, 0.2) is 0 Å². The van der Waals surface area contributed by atoms with E-state index < -0.39 is 6.23 Å². The number of hydrogen-bond acceptors (Lipinski definition) is 3. The molecule has 0 aliphatic heterocycles. The van der Waals surface area contributed by atoms with Crippen LogP contribution in [0.25, 0.3) is 0 Å². The third-order valence-corrected chi connectivity index (χ3v) is 0.772. The molecular formula is C5H14N2O. The fraction of sp³-hybridized carbons (Fsp3) is 1.00. The van der Waals surface area contributed by atoms with Gasteiger partial charge in [-0.25, -0.2) is 0 Å². The molecule has 0 aromatic carbocycles. The van der Waals surface area contributed by atoms with Crippen LogP contribution in [-0.2, 0) is 0 Å². The van der Waals surface area contributed by atoms with Crippen molar-refractivity contribution in [2.24, 2.45) is 0 Å². The highest BCUT2D eigenvalue weighted by molar-refractivity contribution is 4.41. The molecule has 3 N–H and O–H groups in total. The largest absolute Gasteiger partial charge is 0.379 e. The molecule has 0 spiro atoms. The van der Waals surface area contributed by atoms with Crippen LogP contribution in [0.5, 0.6) is 0 Å². The van der Waals surface area contributed by atoms with Crippen LogP contribution >= 0.6 is 0 Å². The zero-order valence-corrected chi connectivity index (χ0v) is 5.44. The van der Waals surface area contributed by atoms with Gasteiger partial charge in [-0.15, -0.1) is 0 Å². The highest BCUT2D eigenvalue weighted by atomic mass is 16.3. The molecule has 8 heavy (non-hydrogen) atoms. The van der Waals surface area contributed by atoms with Crippen LogP contribution in [0.2, 0.25) is 0 Å². The Labute approximate surface area is 50.1 Å². The molecule has 0 saturated heterocycles. The van der Waals surface area contributed by atoms with Crippen molar-refractivity contribution >= 4 is 0 Å². The fourth-order valence-electron chi connectivity index (χ4n) is 0.345. The smallest absolute Gasteiger partial charge is 0.103 e. The van der Waals surface area contributed by atoms with Gasteiger partial charge in [0.15, 0.2) is 0 Å². The number of aliphatic hydroxyl groups excluding tert-OH is 1. The van der Waals surface area contributed by atoms with Gasteiger partial charge in [-0.05, 0) is 13.5 Å². The molecule has 0 aliphatic rings. The predicted octanol–water partition coefficient (Wildman–Crippen LogP) is -0.519. The van der Waals surface area contributed by atoms with Crippen molar-refractivity contribution in [3.63, 3.8) is 0 Å². The molecule has 0 aliphatic carbocycles. The maximum Gasteiger partial charge on any atom is 0.103 e. The first-order chi connectivity index (χ1) is 3.77. The molecule has 0 aromatic rings. The normalized spacial score (nSPS) is 13.9. The van der Waals surface area contributed by atoms with Gasteiger partial charge >= 0.3 is 0 Å². The average molecular weight is 118 g/mol. The molecule has 1 unspecified atom stereocenters. The Morgan fingerprint density at radius 3 is 2.62 bits per heavy atom. The molecule has 1 atom stereocenters. The predicted molar refractivity (Wildman–Crippen MR) is 33.4 cm³/mol. The lowest BCUT2D eigenvalue weighted by atomic mass is 10.6. The van der Waals surface area contributed by atoms with Crippen molar-refractivity contribution in [1.82, 2.24) is 10.6 Å². The molecule has 0 radical (unpaired) electrons. The van der Waals surface area contributed by atoms with Crippen molar-refractivity contribution in [2.45, 2.75) is 20.1 Å². The second-order valence-corrected chi connectivity index (χ2v) is 1.66. The minimum atomic E-state index is -0.408. The Morgan fingerprint density at radius 2 is 2.25 bits per heavy atom. The van der Waals surface area contributed by atoms with Gasteiger partial charge in [-0.2, -0.15) is 0 Å². The van der Waals surface area contributed by atoms with Crippen LogP contribution in [0.4, 0.5) is 0 Å². The van der Waals surface area contributed by atoms with Crippen LogP contribution in [0.3, 0.4) is 0 Å². The first-order valence-corrected chi connectivity index (χ1v) is 2.89. The zero-order valence-electron chi connectivity index (χ0n) is 5.44. The van der Waals surface area contributed by atoms with E-state index in [9.17, 15) is 0 Å². The molecule has 0 heterocycles. The quantitative estimate of drug-likeness (QED) is 0.344. The molecular weight excluding hydrogens is 104 g/mol. The van der Waals surface area contributed by atoms with Gasteiger partial charge < -0.3 is 10.4 Å². The Kier molecular flexibility index (Phi) is 4.95. The van der Waals surface area contributed by atoms with Crippen LogP contribution in [0, 0.1) is 0 Å². The number of hydrogen-bond donors (Lipinski definition) is 3. The molecule has 0 rings (SSSR count). The van der Waals surface area contributed by atoms with Gasteiger partial charge in [0.25, 0.3) is 0 Å². The lowest BCUT2D eigenvalue weighted by molar-refractivity contribution is 0.154. The minimum absolute atomic E-state index is 0.408. The van der Waals surface area contributed by atoms with E-state index in [1.54, 1.807) is 6.92 Å². The van der Waals surface area contributed by atoms with E-state index in [2.05, 4.69) is 10.6 Å². The Bertz CT molecular complexity index is 47.7. The van der Waals surface area contributed by atoms with E-state index in [4.69, 9.17) is 5.11 Å². The minimum Gasteiger partial charge on any atom is -0.379 e. The van der Waals surface area contributed by atoms with E-state index in [1.165, 1.54) is 0 Å². The van der Waals surface area contributed by atoms with Crippen LogP contribution in [-0.4, -0.2) is 24.5 Å². The maximum atomic E-state index is 8.63. The van der Waals surface area contributed by atoms with E-state index in [-0.39, 0.29) is 0 Å². The van der Waals surface area contributed by atoms with Gasteiger partial charge in [0.05, 0.1) is 0 Å². The monoisotopic (exact) mass is 118 g/mol. The van der Waals surface area contributed by atoms with E-state index in [1.807, 2.05) is 6.92 Å². The molecule has 3 heteroatoms. The lowest BCUT2D eigenvalue weighted by Crippen LogP contribution is -2.34. The molecule has 0 bridgehead atoms. The van der Waals surface area contributed by atoms with E-state index in [0.29, 0.717) is 6.67 Å². The first kappa shape index (κ1) is 7.88. The second-order valence-electron chi connectivity index (χ2n) is 1.66. The molecule has 50 valence electrons. The summed E-state index contributed by atoms with van der Waals surface area (Å²) in [6.07, 6.45) is -0.408. The molecule has 0 aromatic heterocycles. The summed E-state index contributed by atoms with van der Waals surface area (Å²) >= 11 is 0. The van der Waals surface area contributed by atoms with Crippen molar-refractivity contribution in [2.75, 3.05) is 13.2 Å². The van der Waals surface area contributed by atoms with Gasteiger partial charge in [-0.1, -0.05) is 6.92 Å². The third-order valence-electron chi connectivity index (χ3n) is 0.772. The number of rotatable bonds is 4. The highest BCUT2D eigenvalue weighted by Crippen LogP contribution is 1.65. The van der Waals surface area contributed by atoms with Crippen LogP contribution in [0.1, 0.15) is 13.8 Å². The van der Waals surface area contributed by atoms with Crippen molar-refractivity contribution < 1.29 is 5.11 Å². The summed E-state index contributed by atoms with van der Waals surface area (Å²) in [6.45, 7) is 5.31. The molecule has 3 nitrogen and oxygen atoms in total. The Morgan fingerprint density at radius 1 is 1.62 bits per heavy atom. The van der Waals surface area contributed by atoms with Gasteiger partial charge in [-0.3, -0.25) is 5.32 Å². The van der Waals surface area contributed by atoms with Gasteiger partial charge in [0, 0.05) is 6.67 Å². The maximum absolute atomic E-state index is 8.63. The summed E-state index contributed by atoms with van der Waals surface area (Å²) in [5.41, 5.74) is 0. The van der Waals surface area contributed by atoms with Gasteiger partial charge in [0.1, 0.15) is 6.23 Å². The van der Waals surface area contributed by atoms with Crippen molar-refractivity contribution in [3.05, 3.63) is 0 Å². The third kappa shape index (κ3) is 5.88. The summed E-state index contributed by atoms with van der Waals surface area (Å²) in [4.78, 5) is 0. The zero-order chi connectivity index (χ0) is 6.41. The summed E-state index contributed by atoms with van der Waals surface area (Å²) in [5.74, 6) is 0. The average Bonchev–Trinajstić information content (AvgIpc) is 1.66. The van der Waals surface area contributed by atoms with Crippen molar-refractivity contribution in [1.29, 1.82) is 0 Å². The second kappa shape index (κ2) is 5.03. The number of nitrogens with one attached hydrogen (secondary N) is 2. The van der Waals surface area contributed by atoms with Gasteiger partial charge in [0.2, 0.25) is 0 Å². The topological polar surface area (TPSA) is 44.3 Å². The highest BCUT2D eigenvalue weighted by Gasteiger charge is 1.87. The molecule has 0 saturated carbocycles. The van der Waals surface area contributed by atoms with E-state index in [0.717, 1.165) is 6.54 Å². The summed E-state index contributed by atoms with van der Waals surface area (Å²) in [5, 5.41) is 14.4. The molecule has 0 fully saturated rings.